The van der Waals surface area contributed by atoms with E-state index in [1.807, 2.05) is 56.5 Å². The fourth-order valence-corrected chi connectivity index (χ4v) is 8.93. The average Bonchev–Trinajstić information content (AvgIpc) is 3.82. The van der Waals surface area contributed by atoms with Crippen LogP contribution in [0.4, 0.5) is 4.79 Å². The van der Waals surface area contributed by atoms with Crippen LogP contribution in [-0.2, 0) is 43.9 Å². The number of amides is 3. The van der Waals surface area contributed by atoms with Crippen molar-refractivity contribution in [2.24, 2.45) is 11.1 Å². The Morgan fingerprint density at radius 3 is 2.38 bits per heavy atom. The Kier molecular flexibility index (Phi) is 16.2. The van der Waals surface area contributed by atoms with Crippen LogP contribution in [0.1, 0.15) is 75.2 Å². The number of rotatable bonds is 19. The molecular formula is C39H56N6O8S2. The quantitative estimate of drug-likeness (QED) is 0.0754. The number of oxime groups is 1. The second-order valence-electron chi connectivity index (χ2n) is 15.0. The van der Waals surface area contributed by atoms with Gasteiger partial charge >= 0.3 is 6.03 Å². The first-order valence-electron chi connectivity index (χ1n) is 18.5. The monoisotopic (exact) mass is 800 g/mol. The van der Waals surface area contributed by atoms with E-state index in [1.54, 1.807) is 21.1 Å². The summed E-state index contributed by atoms with van der Waals surface area (Å²) in [4.78, 5) is 33.8. The molecule has 1 fully saturated rings. The maximum atomic E-state index is 14.3. The van der Waals surface area contributed by atoms with Gasteiger partial charge in [0.05, 0.1) is 53.8 Å². The molecule has 0 saturated heterocycles. The van der Waals surface area contributed by atoms with Crippen molar-refractivity contribution in [1.82, 2.24) is 24.8 Å². The van der Waals surface area contributed by atoms with E-state index in [4.69, 9.17) is 14.7 Å². The van der Waals surface area contributed by atoms with Crippen LogP contribution in [0.2, 0.25) is 0 Å². The fourth-order valence-electron chi connectivity index (χ4n) is 6.64. The summed E-state index contributed by atoms with van der Waals surface area (Å²) in [6.45, 7) is 7.71. The summed E-state index contributed by atoms with van der Waals surface area (Å²) in [5.41, 5.74) is 1.35. The summed E-state index contributed by atoms with van der Waals surface area (Å²) in [6, 6.07) is 12.6. The number of carbonyl (C=O) groups is 2. The molecule has 14 nitrogen and oxygen atoms in total. The Labute approximate surface area is 329 Å². The van der Waals surface area contributed by atoms with Crippen LogP contribution in [0.25, 0.3) is 0 Å². The predicted molar refractivity (Wildman–Crippen MR) is 212 cm³/mol. The maximum Gasteiger partial charge on any atom is 0.318 e. The molecule has 3 amide bonds. The van der Waals surface area contributed by atoms with Gasteiger partial charge in [-0.25, -0.2) is 18.2 Å². The number of ether oxygens (including phenoxy) is 2. The molecule has 2 aromatic carbocycles. The number of carbonyl (C=O) groups excluding carboxylic acids is 2. The molecule has 0 radical (unpaired) electrons. The van der Waals surface area contributed by atoms with Crippen molar-refractivity contribution in [3.8, 4) is 0 Å². The molecule has 0 spiro atoms. The lowest BCUT2D eigenvalue weighted by Gasteiger charge is -2.34. The van der Waals surface area contributed by atoms with Gasteiger partial charge in [0.15, 0.2) is 0 Å². The molecule has 0 bridgehead atoms. The highest BCUT2D eigenvalue weighted by molar-refractivity contribution is 7.89. The average molecular weight is 801 g/mol. The fraction of sp³-hybridized carbons (Fsp3) is 0.538. The normalized spacial score (nSPS) is 16.2. The van der Waals surface area contributed by atoms with Gasteiger partial charge in [-0.2, -0.15) is 4.31 Å². The van der Waals surface area contributed by atoms with Gasteiger partial charge in [-0.15, -0.1) is 11.3 Å². The number of methoxy groups -OCH3 is 1. The number of hydrogen-bond acceptors (Lipinski definition) is 11. The zero-order chi connectivity index (χ0) is 40.2. The molecule has 1 aliphatic rings. The summed E-state index contributed by atoms with van der Waals surface area (Å²) in [7, 11) is -0.907. The number of benzene rings is 2. The van der Waals surface area contributed by atoms with Gasteiger partial charge in [-0.05, 0) is 76.1 Å². The Morgan fingerprint density at radius 2 is 1.76 bits per heavy atom. The van der Waals surface area contributed by atoms with Crippen molar-refractivity contribution in [2.75, 3.05) is 27.2 Å². The van der Waals surface area contributed by atoms with E-state index >= 15 is 0 Å². The zero-order valence-electron chi connectivity index (χ0n) is 32.6. The van der Waals surface area contributed by atoms with Crippen molar-refractivity contribution in [1.29, 1.82) is 0 Å². The topological polar surface area (TPSA) is 183 Å². The van der Waals surface area contributed by atoms with Gasteiger partial charge in [0.2, 0.25) is 15.9 Å². The number of aliphatic hydroxyl groups is 1. The van der Waals surface area contributed by atoms with Crippen molar-refractivity contribution < 1.29 is 37.8 Å². The molecule has 16 heteroatoms. The minimum atomic E-state index is -4.09. The van der Waals surface area contributed by atoms with Crippen LogP contribution in [0.3, 0.4) is 0 Å². The van der Waals surface area contributed by atoms with Crippen molar-refractivity contribution >= 4 is 39.5 Å². The highest BCUT2D eigenvalue weighted by Crippen LogP contribution is 2.28. The molecule has 1 aliphatic carbocycles. The third-order valence-electron chi connectivity index (χ3n) is 9.33. The lowest BCUT2D eigenvalue weighted by atomic mass is 9.99. The van der Waals surface area contributed by atoms with E-state index in [-0.39, 0.29) is 36.9 Å². The number of aromatic nitrogens is 1. The van der Waals surface area contributed by atoms with E-state index in [2.05, 4.69) is 20.8 Å². The summed E-state index contributed by atoms with van der Waals surface area (Å²) in [6.07, 6.45) is 2.99. The predicted octanol–water partition coefficient (Wildman–Crippen LogP) is 4.78. The van der Waals surface area contributed by atoms with Gasteiger partial charge in [0, 0.05) is 32.6 Å². The molecular weight excluding hydrogens is 745 g/mol. The molecule has 302 valence electrons. The van der Waals surface area contributed by atoms with E-state index < -0.39 is 51.9 Å². The first kappa shape index (κ1) is 43.8. The molecule has 0 unspecified atom stereocenters. The second kappa shape index (κ2) is 20.3. The first-order chi connectivity index (χ1) is 26.1. The Morgan fingerprint density at radius 1 is 1.09 bits per heavy atom. The number of thiazole rings is 1. The maximum absolute atomic E-state index is 14.3. The van der Waals surface area contributed by atoms with Crippen LogP contribution < -0.4 is 10.6 Å². The molecule has 4 N–H and O–H groups in total. The minimum absolute atomic E-state index is 0.0315. The van der Waals surface area contributed by atoms with Gasteiger partial charge < -0.3 is 35.3 Å². The van der Waals surface area contributed by atoms with Gasteiger partial charge in [-0.3, -0.25) is 4.79 Å². The van der Waals surface area contributed by atoms with Crippen LogP contribution in [-0.4, -0.2) is 108 Å². The largest absolute Gasteiger partial charge is 0.411 e. The zero-order valence-corrected chi connectivity index (χ0v) is 34.2. The number of nitrogens with one attached hydrogen (secondary N) is 2. The summed E-state index contributed by atoms with van der Waals surface area (Å²) < 4.78 is 41.0. The number of sulfonamides is 1. The van der Waals surface area contributed by atoms with Crippen LogP contribution >= 0.6 is 11.3 Å². The van der Waals surface area contributed by atoms with Crippen molar-refractivity contribution in [3.05, 3.63) is 81.8 Å². The van der Waals surface area contributed by atoms with Crippen molar-refractivity contribution in [3.63, 3.8) is 0 Å². The Bertz CT molecular complexity index is 1790. The lowest BCUT2D eigenvalue weighted by molar-refractivity contribution is -0.132. The highest BCUT2D eigenvalue weighted by Gasteiger charge is 2.37. The molecule has 1 aromatic heterocycles. The number of urea groups is 1. The third-order valence-corrected chi connectivity index (χ3v) is 12.0. The van der Waals surface area contributed by atoms with Gasteiger partial charge in [-0.1, -0.05) is 60.5 Å². The van der Waals surface area contributed by atoms with Crippen LogP contribution in [0.5, 0.6) is 0 Å². The van der Waals surface area contributed by atoms with Gasteiger partial charge in [0.25, 0.3) is 0 Å². The standard InChI is InChI=1S/C39H56N6O8S2/c1-27(53-39(2,3)4)36(43-38(48)44(5)23-31-26-54-35(41-31)25-52-6)37(47)42-33(20-28-12-8-7-9-13-28)34(46)24-45(22-30-14-10-11-15-30)55(50,51)32-18-16-29(17-19-32)21-40-49/h7-9,12-13,16-19,21,26-27,30,33-34,36,46,49H,10-11,14-15,20,22-25H2,1-6H3,(H,42,47)(H,43,48)/t27-,33+,34+,36+/m1/s1. The highest BCUT2D eigenvalue weighted by atomic mass is 32.2. The number of aliphatic hydroxyl groups excluding tert-OH is 1. The summed E-state index contributed by atoms with van der Waals surface area (Å²) in [5, 5.41) is 32.3. The van der Waals surface area contributed by atoms with E-state index in [0.29, 0.717) is 17.9 Å². The first-order valence-corrected chi connectivity index (χ1v) is 20.8. The minimum Gasteiger partial charge on any atom is -0.411 e. The Hall–Kier alpha value is -3.93. The molecule has 4 rings (SSSR count). The van der Waals surface area contributed by atoms with E-state index in [9.17, 15) is 23.1 Å². The van der Waals surface area contributed by atoms with Crippen LogP contribution in [0, 0.1) is 5.92 Å². The molecule has 3 aromatic rings. The molecule has 1 heterocycles. The SMILES string of the molecule is COCc1nc(CN(C)C(=O)N[C@H](C(=O)N[C@@H](Cc2ccccc2)[C@@H](O)CN(CC2CCCC2)S(=O)(=O)c2ccc(C=NO)cc2)[C@@H](C)OC(C)(C)C)cs1. The molecule has 1 saturated carbocycles. The van der Waals surface area contributed by atoms with Crippen molar-refractivity contribution in [2.45, 2.75) is 108 Å². The number of nitrogens with zero attached hydrogens (tertiary/aromatic N) is 4. The second-order valence-corrected chi connectivity index (χ2v) is 17.9. The molecule has 4 atom stereocenters. The molecule has 55 heavy (non-hydrogen) atoms. The smallest absolute Gasteiger partial charge is 0.318 e. The molecule has 0 aliphatic heterocycles. The lowest BCUT2D eigenvalue weighted by Crippen LogP contribution is -2.60. The van der Waals surface area contributed by atoms with E-state index in [0.717, 1.165) is 36.3 Å². The van der Waals surface area contributed by atoms with Gasteiger partial charge in [0.1, 0.15) is 11.0 Å². The number of hydrogen-bond donors (Lipinski definition) is 4. The van der Waals surface area contributed by atoms with Crippen LogP contribution in [0.15, 0.2) is 70.0 Å². The third kappa shape index (κ3) is 13.4. The Balaban J connectivity index is 1.61. The summed E-state index contributed by atoms with van der Waals surface area (Å²) >= 11 is 1.43. The summed E-state index contributed by atoms with van der Waals surface area (Å²) in [5.74, 6) is -0.478. The van der Waals surface area contributed by atoms with E-state index in [1.165, 1.54) is 51.0 Å².